The number of carbonyl (C=O) groups excluding carboxylic acids is 1. The Morgan fingerprint density at radius 1 is 1.23 bits per heavy atom. The van der Waals surface area contributed by atoms with Crippen molar-refractivity contribution in [3.63, 3.8) is 0 Å². The van der Waals surface area contributed by atoms with Crippen molar-refractivity contribution < 1.29 is 28.2 Å². The van der Waals surface area contributed by atoms with Gasteiger partial charge >= 0.3 is 5.97 Å². The van der Waals surface area contributed by atoms with E-state index in [0.29, 0.717) is 36.7 Å². The Bertz CT molecular complexity index is 788. The number of carboxylic acid groups (broad SMARTS) is 1. The number of carboxylic acids is 1. The molecule has 0 bridgehead atoms. The number of morpholine rings is 1. The van der Waals surface area contributed by atoms with Crippen LogP contribution in [0.5, 0.6) is 0 Å². The fraction of sp³-hybridized carbons (Fsp3) is 0.368. The third-order valence-electron chi connectivity index (χ3n) is 4.28. The topological polar surface area (TPSA) is 80.0 Å². The molecule has 1 atom stereocenters. The Hall–Kier alpha value is -2.67. The van der Waals surface area contributed by atoms with E-state index in [1.54, 1.807) is 35.2 Å². The summed E-state index contributed by atoms with van der Waals surface area (Å²) in [5.41, 5.74) is 0.384. The summed E-state index contributed by atoms with van der Waals surface area (Å²) in [6.07, 6.45) is 0.0492. The average Bonchev–Trinajstić information content (AvgIpc) is 3.08. The van der Waals surface area contributed by atoms with Crippen LogP contribution >= 0.6 is 0 Å². The van der Waals surface area contributed by atoms with Crippen LogP contribution < -0.4 is 0 Å². The first-order valence-electron chi connectivity index (χ1n) is 8.47. The number of carbonyl (C=O) groups is 2. The number of hydrogen-bond donors (Lipinski definition) is 1. The van der Waals surface area contributed by atoms with Gasteiger partial charge in [-0.05, 0) is 24.3 Å². The normalized spacial score (nSPS) is 17.3. The van der Waals surface area contributed by atoms with Crippen molar-refractivity contribution in [2.45, 2.75) is 25.4 Å². The first-order valence-corrected chi connectivity index (χ1v) is 8.47. The number of nitrogens with zero attached hydrogens (tertiary/aromatic N) is 1. The predicted molar refractivity (Wildman–Crippen MR) is 91.0 cm³/mol. The van der Waals surface area contributed by atoms with Crippen LogP contribution in [0.15, 0.2) is 40.8 Å². The fourth-order valence-electron chi connectivity index (χ4n) is 2.97. The summed E-state index contributed by atoms with van der Waals surface area (Å²) >= 11 is 0. The Balaban J connectivity index is 1.55. The standard InChI is InChI=1S/C19H20FNO5/c20-16-4-2-1-3-15(16)17-7-5-13(26-17)6-8-18(22)21-9-10-25-14(12-21)11-19(23)24/h1-5,7,14H,6,8-12H2,(H,23,24)/t14-/m1/s1. The molecule has 1 N–H and O–H groups in total. The van der Waals surface area contributed by atoms with Gasteiger partial charge in [0.25, 0.3) is 0 Å². The fourth-order valence-corrected chi connectivity index (χ4v) is 2.97. The monoisotopic (exact) mass is 361 g/mol. The summed E-state index contributed by atoms with van der Waals surface area (Å²) < 4.78 is 24.8. The minimum absolute atomic E-state index is 0.0764. The van der Waals surface area contributed by atoms with E-state index in [9.17, 15) is 14.0 Å². The zero-order valence-electron chi connectivity index (χ0n) is 14.2. The predicted octanol–water partition coefficient (Wildman–Crippen LogP) is 2.72. The van der Waals surface area contributed by atoms with E-state index in [0.717, 1.165) is 0 Å². The molecule has 2 heterocycles. The Morgan fingerprint density at radius 3 is 2.81 bits per heavy atom. The number of ether oxygens (including phenoxy) is 1. The number of hydrogen-bond acceptors (Lipinski definition) is 4. The second-order valence-corrected chi connectivity index (χ2v) is 6.18. The van der Waals surface area contributed by atoms with Gasteiger partial charge < -0.3 is 19.2 Å². The maximum atomic E-state index is 13.8. The Morgan fingerprint density at radius 2 is 2.04 bits per heavy atom. The molecule has 7 heteroatoms. The molecule has 1 aromatic carbocycles. The third-order valence-corrected chi connectivity index (χ3v) is 4.28. The Kier molecular flexibility index (Phi) is 5.68. The molecule has 2 aromatic rings. The molecule has 0 unspecified atom stereocenters. The molecule has 0 saturated carbocycles. The van der Waals surface area contributed by atoms with Gasteiger partial charge in [0.05, 0.1) is 24.7 Å². The first-order chi connectivity index (χ1) is 12.5. The smallest absolute Gasteiger partial charge is 0.306 e. The quantitative estimate of drug-likeness (QED) is 0.856. The molecule has 0 radical (unpaired) electrons. The molecule has 6 nitrogen and oxygen atoms in total. The van der Waals surface area contributed by atoms with Gasteiger partial charge in [-0.15, -0.1) is 0 Å². The molecule has 0 aliphatic carbocycles. The molecule has 1 aromatic heterocycles. The molecular weight excluding hydrogens is 341 g/mol. The van der Waals surface area contributed by atoms with Crippen LogP contribution in [0.3, 0.4) is 0 Å². The lowest BCUT2D eigenvalue weighted by molar-refractivity contribution is -0.147. The summed E-state index contributed by atoms with van der Waals surface area (Å²) in [6.45, 7) is 1.07. The van der Waals surface area contributed by atoms with Crippen LogP contribution in [0.25, 0.3) is 11.3 Å². The zero-order valence-corrected chi connectivity index (χ0v) is 14.2. The molecule has 26 heavy (non-hydrogen) atoms. The highest BCUT2D eigenvalue weighted by atomic mass is 19.1. The van der Waals surface area contributed by atoms with Crippen LogP contribution in [0.2, 0.25) is 0 Å². The van der Waals surface area contributed by atoms with Gasteiger partial charge in [-0.1, -0.05) is 12.1 Å². The molecular formula is C19H20FNO5. The van der Waals surface area contributed by atoms with Gasteiger partial charge in [-0.25, -0.2) is 4.39 Å². The van der Waals surface area contributed by atoms with Gasteiger partial charge in [-0.3, -0.25) is 9.59 Å². The van der Waals surface area contributed by atoms with E-state index < -0.39 is 12.1 Å². The molecule has 1 saturated heterocycles. The van der Waals surface area contributed by atoms with Gasteiger partial charge in [0, 0.05) is 25.9 Å². The van der Waals surface area contributed by atoms with Gasteiger partial charge in [0.2, 0.25) is 5.91 Å². The van der Waals surface area contributed by atoms with Crippen molar-refractivity contribution in [2.75, 3.05) is 19.7 Å². The van der Waals surface area contributed by atoms with Crippen LogP contribution in [-0.4, -0.2) is 47.7 Å². The van der Waals surface area contributed by atoms with Crippen LogP contribution in [0.1, 0.15) is 18.6 Å². The summed E-state index contributed by atoms with van der Waals surface area (Å²) in [6, 6.07) is 9.78. The highest BCUT2D eigenvalue weighted by Crippen LogP contribution is 2.25. The lowest BCUT2D eigenvalue weighted by Gasteiger charge is -2.32. The number of halogens is 1. The number of amides is 1. The molecule has 1 amide bonds. The van der Waals surface area contributed by atoms with E-state index in [4.69, 9.17) is 14.3 Å². The lowest BCUT2D eigenvalue weighted by atomic mass is 10.1. The maximum absolute atomic E-state index is 13.8. The van der Waals surface area contributed by atoms with E-state index in [2.05, 4.69) is 0 Å². The second-order valence-electron chi connectivity index (χ2n) is 6.18. The summed E-state index contributed by atoms with van der Waals surface area (Å²) in [7, 11) is 0. The largest absolute Gasteiger partial charge is 0.481 e. The number of benzene rings is 1. The number of furan rings is 1. The zero-order chi connectivity index (χ0) is 18.5. The van der Waals surface area contributed by atoms with Gasteiger partial charge in [0.15, 0.2) is 0 Å². The van der Waals surface area contributed by atoms with Crippen LogP contribution in [0.4, 0.5) is 4.39 Å². The van der Waals surface area contributed by atoms with Gasteiger partial charge in [0.1, 0.15) is 17.3 Å². The van der Waals surface area contributed by atoms with Gasteiger partial charge in [-0.2, -0.15) is 0 Å². The summed E-state index contributed by atoms with van der Waals surface area (Å²) in [5.74, 6) is -0.347. The number of aryl methyl sites for hydroxylation is 1. The van der Waals surface area contributed by atoms with Crippen molar-refractivity contribution >= 4 is 11.9 Å². The van der Waals surface area contributed by atoms with Crippen molar-refractivity contribution in [1.82, 2.24) is 4.90 Å². The minimum Gasteiger partial charge on any atom is -0.481 e. The number of aliphatic carboxylic acids is 1. The SMILES string of the molecule is O=C(O)C[C@@H]1CN(C(=O)CCc2ccc(-c3ccccc3F)o2)CCO1. The third kappa shape index (κ3) is 4.49. The van der Waals surface area contributed by atoms with E-state index >= 15 is 0 Å². The second kappa shape index (κ2) is 8.14. The molecule has 1 aliphatic heterocycles. The Labute approximate surface area is 150 Å². The molecule has 1 aliphatic rings. The molecule has 0 spiro atoms. The highest BCUT2D eigenvalue weighted by molar-refractivity contribution is 5.76. The minimum atomic E-state index is -0.944. The lowest BCUT2D eigenvalue weighted by Crippen LogP contribution is -2.46. The van der Waals surface area contributed by atoms with E-state index in [1.165, 1.54) is 6.07 Å². The molecule has 138 valence electrons. The highest BCUT2D eigenvalue weighted by Gasteiger charge is 2.25. The van der Waals surface area contributed by atoms with Crippen LogP contribution in [-0.2, 0) is 20.7 Å². The van der Waals surface area contributed by atoms with Crippen molar-refractivity contribution in [1.29, 1.82) is 0 Å². The summed E-state index contributed by atoms with van der Waals surface area (Å²) in [4.78, 5) is 24.8. The first kappa shape index (κ1) is 18.1. The molecule has 1 fully saturated rings. The van der Waals surface area contributed by atoms with Crippen molar-refractivity contribution in [3.8, 4) is 11.3 Å². The number of rotatable bonds is 6. The van der Waals surface area contributed by atoms with Crippen molar-refractivity contribution in [3.05, 3.63) is 48.0 Å². The average molecular weight is 361 g/mol. The molecule has 3 rings (SSSR count). The maximum Gasteiger partial charge on any atom is 0.306 e. The summed E-state index contributed by atoms with van der Waals surface area (Å²) in [5, 5.41) is 8.84. The van der Waals surface area contributed by atoms with E-state index in [1.807, 2.05) is 0 Å². The van der Waals surface area contributed by atoms with Crippen molar-refractivity contribution in [2.24, 2.45) is 0 Å². The van der Waals surface area contributed by atoms with Crippen LogP contribution in [0, 0.1) is 5.82 Å². The van der Waals surface area contributed by atoms with E-state index in [-0.39, 0.29) is 31.1 Å².